The topological polar surface area (TPSA) is 78.0 Å². The number of carbonyl (C=O) groups is 1. The second-order valence-corrected chi connectivity index (χ2v) is 5.18. The van der Waals surface area contributed by atoms with Crippen molar-refractivity contribution in [3.63, 3.8) is 0 Å². The van der Waals surface area contributed by atoms with Crippen LogP contribution in [0.5, 0.6) is 0 Å². The summed E-state index contributed by atoms with van der Waals surface area (Å²) in [4.78, 5) is 18.6. The number of para-hydroxylation sites is 1. The summed E-state index contributed by atoms with van der Waals surface area (Å²) in [5.41, 5.74) is 3.42. The van der Waals surface area contributed by atoms with Gasteiger partial charge in [0.25, 0.3) is 0 Å². The van der Waals surface area contributed by atoms with Crippen LogP contribution in [0.25, 0.3) is 11.0 Å². The van der Waals surface area contributed by atoms with Gasteiger partial charge in [0.05, 0.1) is 10.5 Å². The lowest BCUT2D eigenvalue weighted by Gasteiger charge is -1.99. The van der Waals surface area contributed by atoms with Crippen LogP contribution in [0.1, 0.15) is 37.9 Å². The number of aryl methyl sites for hydroxylation is 1. The highest BCUT2D eigenvalue weighted by molar-refractivity contribution is 6.34. The summed E-state index contributed by atoms with van der Waals surface area (Å²) in [6.07, 6.45) is 5.04. The van der Waals surface area contributed by atoms with E-state index in [-0.39, 0.29) is 5.91 Å². The van der Waals surface area contributed by atoms with E-state index in [1.807, 2.05) is 18.2 Å². The largest absolute Gasteiger partial charge is 0.342 e. The smallest absolute Gasteiger partial charge is 0.243 e. The zero-order valence-electron chi connectivity index (χ0n) is 11.2. The molecule has 0 saturated heterocycles. The van der Waals surface area contributed by atoms with Crippen LogP contribution in [0.15, 0.2) is 18.2 Å². The number of rotatable bonds is 7. The fourth-order valence-corrected chi connectivity index (χ4v) is 2.37. The number of nitrogens with one attached hydrogen (secondary N) is 2. The van der Waals surface area contributed by atoms with Crippen molar-refractivity contribution in [2.24, 2.45) is 0 Å². The number of H-pyrrole nitrogens is 1. The first-order valence-corrected chi connectivity index (χ1v) is 7.14. The first-order valence-electron chi connectivity index (χ1n) is 6.77. The van der Waals surface area contributed by atoms with E-state index in [4.69, 9.17) is 16.8 Å². The van der Waals surface area contributed by atoms with E-state index in [0.29, 0.717) is 11.4 Å². The summed E-state index contributed by atoms with van der Waals surface area (Å²) >= 11 is 6.08. The van der Waals surface area contributed by atoms with Gasteiger partial charge in [-0.3, -0.25) is 10.0 Å². The molecule has 1 aromatic heterocycles. The van der Waals surface area contributed by atoms with Crippen LogP contribution >= 0.6 is 11.6 Å². The third kappa shape index (κ3) is 3.95. The van der Waals surface area contributed by atoms with Crippen molar-refractivity contribution >= 4 is 28.5 Å². The molecule has 0 fully saturated rings. The molecule has 5 nitrogen and oxygen atoms in total. The minimum Gasteiger partial charge on any atom is -0.342 e. The molecule has 108 valence electrons. The molecule has 0 aliphatic carbocycles. The monoisotopic (exact) mass is 295 g/mol. The molecule has 0 aliphatic rings. The number of nitrogens with zero attached hydrogens (tertiary/aromatic N) is 1. The van der Waals surface area contributed by atoms with Crippen LogP contribution in [0.3, 0.4) is 0 Å². The number of fused-ring (bicyclic) bond motifs is 1. The molecule has 0 unspecified atom stereocenters. The molecule has 6 heteroatoms. The van der Waals surface area contributed by atoms with Crippen molar-refractivity contribution in [2.45, 2.75) is 38.5 Å². The van der Waals surface area contributed by atoms with Crippen LogP contribution in [-0.4, -0.2) is 21.1 Å². The fourth-order valence-electron chi connectivity index (χ4n) is 2.15. The number of amides is 1. The third-order valence-electron chi connectivity index (χ3n) is 3.20. The predicted molar refractivity (Wildman–Crippen MR) is 77.8 cm³/mol. The molecule has 0 bridgehead atoms. The van der Waals surface area contributed by atoms with Crippen LogP contribution in [0.4, 0.5) is 0 Å². The number of halogens is 1. The molecular formula is C14H18ClN3O2. The minimum absolute atomic E-state index is 0.322. The average molecular weight is 296 g/mol. The van der Waals surface area contributed by atoms with Gasteiger partial charge in [-0.05, 0) is 25.0 Å². The van der Waals surface area contributed by atoms with Gasteiger partial charge < -0.3 is 4.98 Å². The van der Waals surface area contributed by atoms with Crippen molar-refractivity contribution < 1.29 is 10.0 Å². The Labute approximate surface area is 122 Å². The first kappa shape index (κ1) is 14.8. The summed E-state index contributed by atoms with van der Waals surface area (Å²) in [5, 5.41) is 9.02. The van der Waals surface area contributed by atoms with Crippen molar-refractivity contribution in [2.75, 3.05) is 0 Å². The van der Waals surface area contributed by atoms with Crippen molar-refractivity contribution in [1.82, 2.24) is 15.4 Å². The molecule has 1 amide bonds. The van der Waals surface area contributed by atoms with Gasteiger partial charge in [-0.25, -0.2) is 10.5 Å². The molecular weight excluding hydrogens is 278 g/mol. The van der Waals surface area contributed by atoms with E-state index in [1.165, 1.54) is 0 Å². The number of hydroxylamine groups is 1. The highest BCUT2D eigenvalue weighted by Gasteiger charge is 2.05. The second-order valence-electron chi connectivity index (χ2n) is 4.77. The lowest BCUT2D eigenvalue weighted by molar-refractivity contribution is -0.129. The van der Waals surface area contributed by atoms with Gasteiger partial charge in [-0.15, -0.1) is 0 Å². The highest BCUT2D eigenvalue weighted by atomic mass is 35.5. The Morgan fingerprint density at radius 1 is 1.30 bits per heavy atom. The summed E-state index contributed by atoms with van der Waals surface area (Å²) in [5.74, 6) is 0.623. The van der Waals surface area contributed by atoms with Crippen LogP contribution in [0, 0.1) is 0 Å². The van der Waals surface area contributed by atoms with Gasteiger partial charge >= 0.3 is 0 Å². The Morgan fingerprint density at radius 2 is 2.10 bits per heavy atom. The first-order chi connectivity index (χ1) is 9.70. The zero-order valence-corrected chi connectivity index (χ0v) is 11.9. The van der Waals surface area contributed by atoms with Gasteiger partial charge in [0.15, 0.2) is 0 Å². The molecule has 0 aliphatic heterocycles. The van der Waals surface area contributed by atoms with Crippen LogP contribution < -0.4 is 5.48 Å². The molecule has 1 aromatic carbocycles. The van der Waals surface area contributed by atoms with E-state index in [0.717, 1.165) is 49.0 Å². The molecule has 0 saturated carbocycles. The molecule has 2 rings (SSSR count). The number of aromatic amines is 1. The summed E-state index contributed by atoms with van der Waals surface area (Å²) < 4.78 is 0. The van der Waals surface area contributed by atoms with Crippen molar-refractivity contribution in [3.8, 4) is 0 Å². The van der Waals surface area contributed by atoms with Crippen LogP contribution in [0.2, 0.25) is 5.02 Å². The Kier molecular flexibility index (Phi) is 5.38. The van der Waals surface area contributed by atoms with Gasteiger partial charge in [0, 0.05) is 12.8 Å². The maximum atomic E-state index is 10.8. The molecule has 1 heterocycles. The van der Waals surface area contributed by atoms with Crippen molar-refractivity contribution in [3.05, 3.63) is 29.0 Å². The van der Waals surface area contributed by atoms with Gasteiger partial charge in [0.2, 0.25) is 5.91 Å². The number of imidazole rings is 1. The number of carbonyl (C=O) groups excluding carboxylic acids is 1. The Hall–Kier alpha value is -1.59. The lowest BCUT2D eigenvalue weighted by atomic mass is 10.1. The van der Waals surface area contributed by atoms with Gasteiger partial charge in [0.1, 0.15) is 11.3 Å². The van der Waals surface area contributed by atoms with Gasteiger partial charge in [-0.2, -0.15) is 0 Å². The molecule has 0 atom stereocenters. The minimum atomic E-state index is -0.322. The summed E-state index contributed by atoms with van der Waals surface area (Å²) in [6, 6.07) is 5.70. The summed E-state index contributed by atoms with van der Waals surface area (Å²) in [7, 11) is 0. The van der Waals surface area contributed by atoms with Crippen LogP contribution in [-0.2, 0) is 11.2 Å². The third-order valence-corrected chi connectivity index (χ3v) is 3.51. The number of unbranched alkanes of at least 4 members (excludes halogenated alkanes) is 3. The lowest BCUT2D eigenvalue weighted by Crippen LogP contribution is -2.17. The number of benzene rings is 1. The highest BCUT2D eigenvalue weighted by Crippen LogP contribution is 2.21. The average Bonchev–Trinajstić information content (AvgIpc) is 2.86. The fraction of sp³-hybridized carbons (Fsp3) is 0.429. The van der Waals surface area contributed by atoms with Gasteiger partial charge in [-0.1, -0.05) is 30.5 Å². The second kappa shape index (κ2) is 7.26. The maximum absolute atomic E-state index is 10.8. The Bertz CT molecular complexity index is 583. The Morgan fingerprint density at radius 3 is 2.85 bits per heavy atom. The van der Waals surface area contributed by atoms with E-state index in [1.54, 1.807) is 5.48 Å². The van der Waals surface area contributed by atoms with E-state index >= 15 is 0 Å². The summed E-state index contributed by atoms with van der Waals surface area (Å²) in [6.45, 7) is 0. The quantitative estimate of drug-likeness (QED) is 0.417. The number of hydrogen-bond acceptors (Lipinski definition) is 3. The molecule has 2 aromatic rings. The van der Waals surface area contributed by atoms with E-state index in [9.17, 15) is 4.79 Å². The predicted octanol–water partition coefficient (Wildman–Crippen LogP) is 3.21. The molecule has 0 spiro atoms. The molecule has 3 N–H and O–H groups in total. The Balaban J connectivity index is 1.73. The van der Waals surface area contributed by atoms with Crippen molar-refractivity contribution in [1.29, 1.82) is 0 Å². The normalized spacial score (nSPS) is 10.9. The molecule has 0 radical (unpaired) electrons. The maximum Gasteiger partial charge on any atom is 0.243 e. The molecule has 20 heavy (non-hydrogen) atoms. The number of aromatic nitrogens is 2. The van der Waals surface area contributed by atoms with E-state index < -0.39 is 0 Å². The standard InChI is InChI=1S/C14H18ClN3O2/c15-10-6-5-7-11-14(10)17-12(16-11)8-3-1-2-4-9-13(19)18-20/h5-7,20H,1-4,8-9H2,(H,16,17)(H,18,19). The zero-order chi connectivity index (χ0) is 14.4. The van der Waals surface area contributed by atoms with E-state index in [2.05, 4.69) is 9.97 Å². The number of hydrogen-bond donors (Lipinski definition) is 3. The SMILES string of the molecule is O=C(CCCCCCc1nc2c(Cl)cccc2[nH]1)NO.